The van der Waals surface area contributed by atoms with Gasteiger partial charge in [0.1, 0.15) is 6.10 Å². The summed E-state index contributed by atoms with van der Waals surface area (Å²) >= 11 is 1.24. The van der Waals surface area contributed by atoms with Gasteiger partial charge in [-0.15, -0.1) is 0 Å². The lowest BCUT2D eigenvalue weighted by molar-refractivity contribution is 0.139. The number of thioether (sulfide) groups is 1. The minimum absolute atomic E-state index is 0.0788. The van der Waals surface area contributed by atoms with E-state index in [1.165, 1.54) is 11.8 Å². The first-order valence-corrected chi connectivity index (χ1v) is 7.00. The Morgan fingerprint density at radius 1 is 1.41 bits per heavy atom. The van der Waals surface area contributed by atoms with Gasteiger partial charge in [0.25, 0.3) is 0 Å². The van der Waals surface area contributed by atoms with Crippen LogP contribution in [0.2, 0.25) is 0 Å². The summed E-state index contributed by atoms with van der Waals surface area (Å²) in [4.78, 5) is 11.7. The molecule has 0 aliphatic heterocycles. The smallest absolute Gasteiger partial charge is 0.368 e. The summed E-state index contributed by atoms with van der Waals surface area (Å²) in [6.07, 6.45) is 7.70. The highest BCUT2D eigenvalue weighted by molar-refractivity contribution is 8.14. The molecule has 0 saturated heterocycles. The maximum Gasteiger partial charge on any atom is 0.368 e. The molecule has 4 heteroatoms. The third kappa shape index (κ3) is 6.74. The number of hydrogen-bond acceptors (Lipinski definition) is 4. The second-order valence-corrected chi connectivity index (χ2v) is 7.24. The van der Waals surface area contributed by atoms with Crippen molar-refractivity contribution in [3.05, 3.63) is 12.2 Å². The van der Waals surface area contributed by atoms with Gasteiger partial charge < -0.3 is 10.5 Å². The van der Waals surface area contributed by atoms with Gasteiger partial charge in [0.05, 0.1) is 0 Å². The third-order valence-electron chi connectivity index (χ3n) is 2.49. The second-order valence-electron chi connectivity index (χ2n) is 5.48. The zero-order valence-electron chi connectivity index (χ0n) is 10.9. The Hall–Kier alpha value is -0.480. The van der Waals surface area contributed by atoms with Crippen LogP contribution in [0.5, 0.6) is 0 Å². The monoisotopic (exact) mass is 257 g/mol. The molecule has 98 valence electrons. The maximum absolute atomic E-state index is 11.7. The standard InChI is InChI=1S/C13H23NO2S/c1-13(2,3)17-12(15)16-11-8-4-6-10(14)7-5-9-11/h4,8,10-11H,5-7,9,14H2,1-3H3/b8-4+. The lowest BCUT2D eigenvalue weighted by Crippen LogP contribution is -2.23. The van der Waals surface area contributed by atoms with Gasteiger partial charge in [-0.1, -0.05) is 26.8 Å². The molecular formula is C13H23NO2S. The normalized spacial score (nSPS) is 28.0. The summed E-state index contributed by atoms with van der Waals surface area (Å²) in [7, 11) is 0. The van der Waals surface area contributed by atoms with E-state index in [1.807, 2.05) is 32.9 Å². The fraction of sp³-hybridized carbons (Fsp3) is 0.769. The summed E-state index contributed by atoms with van der Waals surface area (Å²) in [5, 5.41) is -0.183. The predicted molar refractivity (Wildman–Crippen MR) is 73.2 cm³/mol. The molecule has 2 N–H and O–H groups in total. The minimum Gasteiger partial charge on any atom is -0.450 e. The van der Waals surface area contributed by atoms with Gasteiger partial charge >= 0.3 is 5.30 Å². The van der Waals surface area contributed by atoms with Gasteiger partial charge in [0.15, 0.2) is 0 Å². The highest BCUT2D eigenvalue weighted by Gasteiger charge is 2.21. The summed E-state index contributed by atoms with van der Waals surface area (Å²) in [5.41, 5.74) is 5.87. The van der Waals surface area contributed by atoms with E-state index in [2.05, 4.69) is 0 Å². The zero-order chi connectivity index (χ0) is 12.9. The quantitative estimate of drug-likeness (QED) is 0.577. The van der Waals surface area contributed by atoms with Crippen LogP contribution in [-0.2, 0) is 4.74 Å². The van der Waals surface area contributed by atoms with E-state index < -0.39 is 0 Å². The van der Waals surface area contributed by atoms with E-state index in [4.69, 9.17) is 10.5 Å². The molecule has 1 rings (SSSR count). The lowest BCUT2D eigenvalue weighted by Gasteiger charge is -2.21. The van der Waals surface area contributed by atoms with Crippen molar-refractivity contribution in [1.29, 1.82) is 0 Å². The molecule has 0 fully saturated rings. The van der Waals surface area contributed by atoms with E-state index in [0.29, 0.717) is 0 Å². The molecule has 0 aromatic heterocycles. The topological polar surface area (TPSA) is 52.3 Å². The first kappa shape index (κ1) is 14.6. The third-order valence-corrected chi connectivity index (χ3v) is 3.37. The van der Waals surface area contributed by atoms with Crippen LogP contribution in [0.3, 0.4) is 0 Å². The first-order chi connectivity index (χ1) is 7.87. The van der Waals surface area contributed by atoms with E-state index in [0.717, 1.165) is 25.7 Å². The van der Waals surface area contributed by atoms with Gasteiger partial charge in [0.2, 0.25) is 0 Å². The first-order valence-electron chi connectivity index (χ1n) is 6.19. The van der Waals surface area contributed by atoms with Gasteiger partial charge in [0, 0.05) is 10.8 Å². The molecule has 3 nitrogen and oxygen atoms in total. The molecule has 0 aromatic rings. The summed E-state index contributed by atoms with van der Waals surface area (Å²) in [5.74, 6) is 0. The Balaban J connectivity index is 2.42. The molecule has 0 spiro atoms. The van der Waals surface area contributed by atoms with Crippen LogP contribution in [0, 0.1) is 0 Å². The molecule has 0 amide bonds. The Bertz CT molecular complexity index is 284. The summed E-state index contributed by atoms with van der Waals surface area (Å²) in [6.45, 7) is 6.02. The van der Waals surface area contributed by atoms with Gasteiger partial charge in [-0.3, -0.25) is 0 Å². The molecule has 2 unspecified atom stereocenters. The van der Waals surface area contributed by atoms with Crippen LogP contribution < -0.4 is 5.73 Å². The molecule has 1 aliphatic rings. The molecule has 0 bridgehead atoms. The van der Waals surface area contributed by atoms with Crippen LogP contribution in [0.25, 0.3) is 0 Å². The predicted octanol–water partition coefficient (Wildman–Crippen LogP) is 3.48. The fourth-order valence-corrected chi connectivity index (χ4v) is 2.37. The molecule has 0 saturated carbocycles. The van der Waals surface area contributed by atoms with Crippen molar-refractivity contribution >= 4 is 17.1 Å². The van der Waals surface area contributed by atoms with Crippen LogP contribution in [0.1, 0.15) is 46.5 Å². The van der Waals surface area contributed by atoms with E-state index in [9.17, 15) is 4.79 Å². The number of ether oxygens (including phenoxy) is 1. The summed E-state index contributed by atoms with van der Waals surface area (Å²) < 4.78 is 5.34. The highest BCUT2D eigenvalue weighted by Crippen LogP contribution is 2.26. The Labute approximate surface area is 108 Å². The van der Waals surface area contributed by atoms with E-state index >= 15 is 0 Å². The van der Waals surface area contributed by atoms with Crippen LogP contribution in [0.4, 0.5) is 4.79 Å². The van der Waals surface area contributed by atoms with Crippen molar-refractivity contribution in [3.63, 3.8) is 0 Å². The summed E-state index contributed by atoms with van der Waals surface area (Å²) in [6, 6.07) is 0.256. The number of carbonyl (C=O) groups is 1. The van der Waals surface area contributed by atoms with Crippen molar-refractivity contribution in [2.75, 3.05) is 0 Å². The highest BCUT2D eigenvalue weighted by atomic mass is 32.2. The number of hydrogen-bond donors (Lipinski definition) is 1. The maximum atomic E-state index is 11.7. The van der Waals surface area contributed by atoms with Crippen molar-refractivity contribution in [2.45, 2.75) is 63.3 Å². The van der Waals surface area contributed by atoms with Crippen LogP contribution in [-0.4, -0.2) is 22.2 Å². The molecule has 0 heterocycles. The average molecular weight is 257 g/mol. The van der Waals surface area contributed by atoms with Crippen molar-refractivity contribution in [1.82, 2.24) is 0 Å². The van der Waals surface area contributed by atoms with E-state index in [-0.39, 0.29) is 22.2 Å². The largest absolute Gasteiger partial charge is 0.450 e. The fourth-order valence-electron chi connectivity index (χ4n) is 1.70. The number of nitrogens with two attached hydrogens (primary N) is 1. The second kappa shape index (κ2) is 6.45. The Morgan fingerprint density at radius 3 is 2.76 bits per heavy atom. The van der Waals surface area contributed by atoms with Crippen LogP contribution >= 0.6 is 11.8 Å². The molecule has 17 heavy (non-hydrogen) atoms. The minimum atomic E-state index is -0.183. The van der Waals surface area contributed by atoms with Gasteiger partial charge in [-0.2, -0.15) is 0 Å². The van der Waals surface area contributed by atoms with E-state index in [1.54, 1.807) is 0 Å². The molecular weight excluding hydrogens is 234 g/mol. The van der Waals surface area contributed by atoms with Crippen molar-refractivity contribution in [2.24, 2.45) is 5.73 Å². The number of carbonyl (C=O) groups excluding carboxylic acids is 1. The zero-order valence-corrected chi connectivity index (χ0v) is 11.8. The SMILES string of the molecule is CC(C)(C)SC(=O)OC1/C=C/CC(N)CCC1. The van der Waals surface area contributed by atoms with Crippen molar-refractivity contribution in [3.8, 4) is 0 Å². The van der Waals surface area contributed by atoms with Gasteiger partial charge in [-0.05, 0) is 43.5 Å². The Kier molecular flexibility index (Phi) is 5.53. The van der Waals surface area contributed by atoms with Crippen LogP contribution in [0.15, 0.2) is 12.2 Å². The molecule has 0 radical (unpaired) electrons. The molecule has 0 aromatic carbocycles. The Morgan fingerprint density at radius 2 is 2.12 bits per heavy atom. The lowest BCUT2D eigenvalue weighted by atomic mass is 10.0. The van der Waals surface area contributed by atoms with Gasteiger partial charge in [-0.25, -0.2) is 4.79 Å². The number of rotatable bonds is 1. The van der Waals surface area contributed by atoms with Crippen molar-refractivity contribution < 1.29 is 9.53 Å². The molecule has 2 atom stereocenters. The molecule has 1 aliphatic carbocycles. The average Bonchev–Trinajstić information content (AvgIpc) is 2.10.